The van der Waals surface area contributed by atoms with Gasteiger partial charge in [-0.1, -0.05) is 67.8 Å². The number of hydrogen-bond donors (Lipinski definition) is 0. The molecule has 2 aromatic carbocycles. The first-order valence-electron chi connectivity index (χ1n) is 12.6. The maximum Gasteiger partial charge on any atom is 0.268 e. The van der Waals surface area contributed by atoms with Gasteiger partial charge in [0.25, 0.3) is 11.5 Å². The summed E-state index contributed by atoms with van der Waals surface area (Å²) in [5, 5.41) is 1.20. The second-order valence-corrected chi connectivity index (χ2v) is 10.3. The van der Waals surface area contributed by atoms with Gasteiger partial charge in [0.1, 0.15) is 10.3 Å². The molecule has 0 radical (unpaired) electrons. The average molecular weight is 503 g/mol. The van der Waals surface area contributed by atoms with Gasteiger partial charge in [-0.05, 0) is 25.8 Å². The smallest absolute Gasteiger partial charge is 0.268 e. The van der Waals surface area contributed by atoms with Crippen LogP contribution < -0.4 is 10.3 Å². The zero-order chi connectivity index (χ0) is 25.2. The van der Waals surface area contributed by atoms with Crippen LogP contribution in [0.2, 0.25) is 0 Å². The van der Waals surface area contributed by atoms with Crippen molar-refractivity contribution in [3.8, 4) is 5.75 Å². The van der Waals surface area contributed by atoms with Crippen LogP contribution in [0.1, 0.15) is 59.1 Å². The minimum Gasteiger partial charge on any atom is -0.494 e. The van der Waals surface area contributed by atoms with E-state index in [9.17, 15) is 14.4 Å². The number of pyridine rings is 1. The molecule has 1 aliphatic rings. The van der Waals surface area contributed by atoms with Crippen molar-refractivity contribution < 1.29 is 14.3 Å². The molecule has 0 N–H and O–H groups in total. The first kappa shape index (κ1) is 24.3. The molecule has 1 saturated carbocycles. The van der Waals surface area contributed by atoms with Crippen molar-refractivity contribution in [1.29, 1.82) is 0 Å². The van der Waals surface area contributed by atoms with Crippen LogP contribution in [-0.4, -0.2) is 40.9 Å². The van der Waals surface area contributed by atoms with Crippen molar-refractivity contribution in [1.82, 2.24) is 9.47 Å². The molecular weight excluding hydrogens is 472 g/mol. The molecule has 5 rings (SSSR count). The van der Waals surface area contributed by atoms with E-state index in [1.54, 1.807) is 12.1 Å². The Balaban J connectivity index is 1.67. The third-order valence-corrected chi connectivity index (χ3v) is 8.37. The molecule has 6 nitrogen and oxygen atoms in total. The van der Waals surface area contributed by atoms with E-state index < -0.39 is 0 Å². The highest BCUT2D eigenvalue weighted by Crippen LogP contribution is 2.41. The van der Waals surface area contributed by atoms with Gasteiger partial charge >= 0.3 is 0 Å². The lowest BCUT2D eigenvalue weighted by atomic mass is 9.94. The highest BCUT2D eigenvalue weighted by Gasteiger charge is 2.31. The fourth-order valence-electron chi connectivity index (χ4n) is 5.39. The first-order chi connectivity index (χ1) is 17.5. The third-order valence-electron chi connectivity index (χ3n) is 7.18. The van der Waals surface area contributed by atoms with Crippen molar-refractivity contribution >= 4 is 44.0 Å². The number of methoxy groups -OCH3 is 1. The Bertz CT molecular complexity index is 1480. The molecule has 0 unspecified atom stereocenters. The standard InChI is InChI=1S/C29H30N2O4S/c1-3-30(20-14-8-5-9-15-20)29(34)27-25(35-2)24-26(36-27)21-16-10-11-17-22(21)31(28(24)33)18-23(32)19-12-6-4-7-13-19/h4,6-7,10-13,16-17,20H,3,5,8-9,14-15,18H2,1-2H3. The fraction of sp³-hybridized carbons (Fsp3) is 0.345. The molecule has 7 heteroatoms. The molecule has 36 heavy (non-hydrogen) atoms. The number of amides is 1. The SMILES string of the molecule is CCN(C(=O)c1sc2c(c1OC)c(=O)n(CC(=O)c1ccccc1)c1ccccc21)C1CCCCC1. The molecule has 1 amide bonds. The number of fused-ring (bicyclic) bond motifs is 3. The number of nitrogens with zero attached hydrogens (tertiary/aromatic N) is 2. The third kappa shape index (κ3) is 4.22. The summed E-state index contributed by atoms with van der Waals surface area (Å²) in [5.41, 5.74) is 0.899. The number of ether oxygens (including phenoxy) is 1. The van der Waals surface area contributed by atoms with E-state index in [2.05, 4.69) is 0 Å². The summed E-state index contributed by atoms with van der Waals surface area (Å²) in [6.07, 6.45) is 5.47. The second kappa shape index (κ2) is 10.3. The van der Waals surface area contributed by atoms with Crippen LogP contribution in [0.3, 0.4) is 0 Å². The lowest BCUT2D eigenvalue weighted by Crippen LogP contribution is -2.41. The Kier molecular flexibility index (Phi) is 6.92. The van der Waals surface area contributed by atoms with Gasteiger partial charge in [0.2, 0.25) is 0 Å². The molecule has 186 valence electrons. The van der Waals surface area contributed by atoms with Gasteiger partial charge in [-0.3, -0.25) is 19.0 Å². The quantitative estimate of drug-likeness (QED) is 0.295. The Morgan fingerprint density at radius 2 is 1.72 bits per heavy atom. The summed E-state index contributed by atoms with van der Waals surface area (Å²) in [6, 6.07) is 16.7. The number of benzene rings is 2. The van der Waals surface area contributed by atoms with Crippen LogP contribution >= 0.6 is 11.3 Å². The summed E-state index contributed by atoms with van der Waals surface area (Å²) >= 11 is 1.32. The molecule has 0 aliphatic heterocycles. The van der Waals surface area contributed by atoms with Crippen LogP contribution in [0, 0.1) is 0 Å². The molecule has 0 saturated heterocycles. The highest BCUT2D eigenvalue weighted by atomic mass is 32.1. The number of carbonyl (C=O) groups excluding carboxylic acids is 2. The number of aromatic nitrogens is 1. The first-order valence-corrected chi connectivity index (χ1v) is 13.4. The average Bonchev–Trinajstić information content (AvgIpc) is 3.32. The molecule has 0 spiro atoms. The van der Waals surface area contributed by atoms with Gasteiger partial charge in [0.15, 0.2) is 11.5 Å². The van der Waals surface area contributed by atoms with Gasteiger partial charge < -0.3 is 9.64 Å². The van der Waals surface area contributed by atoms with E-state index in [1.165, 1.54) is 29.4 Å². The predicted octanol–water partition coefficient (Wildman–Crippen LogP) is 5.90. The molecule has 1 aliphatic carbocycles. The van der Waals surface area contributed by atoms with Gasteiger partial charge in [0, 0.05) is 23.5 Å². The number of para-hydroxylation sites is 1. The Hall–Kier alpha value is -3.45. The zero-order valence-electron chi connectivity index (χ0n) is 20.7. The van der Waals surface area contributed by atoms with Crippen LogP contribution in [0.5, 0.6) is 5.75 Å². The number of thiophene rings is 1. The summed E-state index contributed by atoms with van der Waals surface area (Å²) in [5.74, 6) is 0.0749. The monoisotopic (exact) mass is 502 g/mol. The van der Waals surface area contributed by atoms with E-state index in [1.807, 2.05) is 54.3 Å². The molecule has 2 aromatic heterocycles. The van der Waals surface area contributed by atoms with E-state index in [-0.39, 0.29) is 29.8 Å². The van der Waals surface area contributed by atoms with E-state index in [0.29, 0.717) is 33.6 Å². The molecular formula is C29H30N2O4S. The summed E-state index contributed by atoms with van der Waals surface area (Å²) < 4.78 is 7.97. The molecule has 0 bridgehead atoms. The second-order valence-electron chi connectivity index (χ2n) is 9.25. The summed E-state index contributed by atoms with van der Waals surface area (Å²) in [7, 11) is 1.50. The molecule has 4 aromatic rings. The van der Waals surface area contributed by atoms with Crippen LogP contribution in [0.4, 0.5) is 0 Å². The van der Waals surface area contributed by atoms with E-state index in [0.717, 1.165) is 35.8 Å². The van der Waals surface area contributed by atoms with Crippen molar-refractivity contribution in [3.63, 3.8) is 0 Å². The van der Waals surface area contributed by atoms with Crippen LogP contribution in [0.15, 0.2) is 59.4 Å². The van der Waals surface area contributed by atoms with Crippen molar-refractivity contribution in [2.24, 2.45) is 0 Å². The van der Waals surface area contributed by atoms with E-state index in [4.69, 9.17) is 4.74 Å². The van der Waals surface area contributed by atoms with Gasteiger partial charge in [-0.15, -0.1) is 11.3 Å². The topological polar surface area (TPSA) is 68.6 Å². The fourth-order valence-corrected chi connectivity index (χ4v) is 6.64. The Labute approximate surface area is 214 Å². The van der Waals surface area contributed by atoms with Crippen molar-refractivity contribution in [2.45, 2.75) is 51.6 Å². The lowest BCUT2D eigenvalue weighted by Gasteiger charge is -2.33. The highest BCUT2D eigenvalue weighted by molar-refractivity contribution is 7.22. The molecule has 2 heterocycles. The lowest BCUT2D eigenvalue weighted by molar-refractivity contribution is 0.0650. The predicted molar refractivity (Wildman–Crippen MR) is 144 cm³/mol. The van der Waals surface area contributed by atoms with E-state index >= 15 is 0 Å². The maximum absolute atomic E-state index is 13.9. The van der Waals surface area contributed by atoms with Gasteiger partial charge in [-0.2, -0.15) is 0 Å². The number of rotatable bonds is 7. The summed E-state index contributed by atoms with van der Waals surface area (Å²) in [4.78, 5) is 43.1. The maximum atomic E-state index is 13.9. The van der Waals surface area contributed by atoms with Crippen molar-refractivity contribution in [3.05, 3.63) is 75.4 Å². The molecule has 0 atom stereocenters. The number of carbonyl (C=O) groups is 2. The van der Waals surface area contributed by atoms with Crippen molar-refractivity contribution in [2.75, 3.05) is 13.7 Å². The largest absolute Gasteiger partial charge is 0.494 e. The number of hydrogen-bond acceptors (Lipinski definition) is 5. The van der Waals surface area contributed by atoms with Gasteiger partial charge in [0.05, 0.1) is 23.9 Å². The molecule has 1 fully saturated rings. The minimum absolute atomic E-state index is 0.0853. The van der Waals surface area contributed by atoms with Crippen LogP contribution in [0.25, 0.3) is 21.0 Å². The Morgan fingerprint density at radius 3 is 2.42 bits per heavy atom. The zero-order valence-corrected chi connectivity index (χ0v) is 21.5. The Morgan fingerprint density at radius 1 is 1.03 bits per heavy atom. The number of Topliss-reactive ketones (excluding diaryl/α,β-unsaturated/α-hetero) is 1. The van der Waals surface area contributed by atoms with Gasteiger partial charge in [-0.25, -0.2) is 0 Å². The van der Waals surface area contributed by atoms with Crippen LogP contribution in [-0.2, 0) is 6.54 Å². The summed E-state index contributed by atoms with van der Waals surface area (Å²) in [6.45, 7) is 2.52. The number of ketones is 1. The normalized spacial score (nSPS) is 14.3. The minimum atomic E-state index is -0.319.